The SMILES string of the molecule is Cc1cc(C(C)O)ccc1S(C)(=O)=O. The fourth-order valence-corrected chi connectivity index (χ4v) is 2.31. The average Bonchev–Trinajstić information content (AvgIpc) is 2.01. The van der Waals surface area contributed by atoms with Crippen molar-refractivity contribution >= 4 is 9.84 Å². The van der Waals surface area contributed by atoms with Gasteiger partial charge in [-0.25, -0.2) is 8.42 Å². The first-order chi connectivity index (χ1) is 6.32. The second-order valence-corrected chi connectivity index (χ2v) is 5.46. The molecular weight excluding hydrogens is 200 g/mol. The van der Waals surface area contributed by atoms with Crippen molar-refractivity contribution in [2.45, 2.75) is 24.8 Å². The van der Waals surface area contributed by atoms with Crippen molar-refractivity contribution in [2.75, 3.05) is 6.26 Å². The molecule has 0 fully saturated rings. The lowest BCUT2D eigenvalue weighted by atomic mass is 10.1. The average molecular weight is 214 g/mol. The number of aliphatic hydroxyl groups is 1. The van der Waals surface area contributed by atoms with E-state index in [4.69, 9.17) is 0 Å². The Morgan fingerprint density at radius 1 is 1.36 bits per heavy atom. The van der Waals surface area contributed by atoms with Crippen LogP contribution in [0.5, 0.6) is 0 Å². The summed E-state index contributed by atoms with van der Waals surface area (Å²) in [6.45, 7) is 3.37. The molecule has 0 aliphatic heterocycles. The molecule has 3 nitrogen and oxygen atoms in total. The van der Waals surface area contributed by atoms with E-state index in [0.29, 0.717) is 10.5 Å². The Bertz CT molecular complexity index is 433. The highest BCUT2D eigenvalue weighted by Gasteiger charge is 2.11. The molecule has 1 rings (SSSR count). The first kappa shape index (κ1) is 11.2. The molecule has 0 heterocycles. The predicted molar refractivity (Wildman–Crippen MR) is 54.9 cm³/mol. The molecule has 1 unspecified atom stereocenters. The van der Waals surface area contributed by atoms with Crippen molar-refractivity contribution in [3.8, 4) is 0 Å². The van der Waals surface area contributed by atoms with Crippen molar-refractivity contribution in [1.82, 2.24) is 0 Å². The lowest BCUT2D eigenvalue weighted by Gasteiger charge is -2.08. The molecule has 0 aliphatic rings. The zero-order valence-corrected chi connectivity index (χ0v) is 9.30. The molecule has 1 N–H and O–H groups in total. The van der Waals surface area contributed by atoms with Gasteiger partial charge >= 0.3 is 0 Å². The van der Waals surface area contributed by atoms with Crippen LogP contribution in [0.4, 0.5) is 0 Å². The van der Waals surface area contributed by atoms with E-state index in [1.54, 1.807) is 26.0 Å². The molecule has 14 heavy (non-hydrogen) atoms. The topological polar surface area (TPSA) is 54.4 Å². The van der Waals surface area contributed by atoms with Gasteiger partial charge < -0.3 is 5.11 Å². The van der Waals surface area contributed by atoms with Gasteiger partial charge in [0, 0.05) is 6.26 Å². The zero-order valence-electron chi connectivity index (χ0n) is 8.48. The van der Waals surface area contributed by atoms with Crippen molar-refractivity contribution in [3.05, 3.63) is 29.3 Å². The summed E-state index contributed by atoms with van der Waals surface area (Å²) in [5.41, 5.74) is 1.40. The third-order valence-electron chi connectivity index (χ3n) is 2.08. The Morgan fingerprint density at radius 3 is 2.29 bits per heavy atom. The van der Waals surface area contributed by atoms with Gasteiger partial charge in [-0.3, -0.25) is 0 Å². The monoisotopic (exact) mass is 214 g/mol. The van der Waals surface area contributed by atoms with Crippen LogP contribution in [-0.4, -0.2) is 19.8 Å². The number of hydrogen-bond donors (Lipinski definition) is 1. The van der Waals surface area contributed by atoms with E-state index in [1.165, 1.54) is 12.3 Å². The molecule has 0 saturated heterocycles. The van der Waals surface area contributed by atoms with Crippen LogP contribution in [0.3, 0.4) is 0 Å². The number of rotatable bonds is 2. The second kappa shape index (κ2) is 3.71. The van der Waals surface area contributed by atoms with Crippen LogP contribution in [0.1, 0.15) is 24.2 Å². The van der Waals surface area contributed by atoms with Crippen molar-refractivity contribution in [1.29, 1.82) is 0 Å². The molecule has 78 valence electrons. The smallest absolute Gasteiger partial charge is 0.175 e. The van der Waals surface area contributed by atoms with Gasteiger partial charge in [-0.1, -0.05) is 12.1 Å². The Labute approximate surface area is 84.3 Å². The van der Waals surface area contributed by atoms with Gasteiger partial charge in [-0.2, -0.15) is 0 Å². The Hall–Kier alpha value is -0.870. The minimum absolute atomic E-state index is 0.321. The molecule has 1 aromatic rings. The highest BCUT2D eigenvalue weighted by atomic mass is 32.2. The minimum Gasteiger partial charge on any atom is -0.389 e. The van der Waals surface area contributed by atoms with Crippen molar-refractivity contribution in [3.63, 3.8) is 0 Å². The Morgan fingerprint density at radius 2 is 1.93 bits per heavy atom. The summed E-state index contributed by atoms with van der Waals surface area (Å²) >= 11 is 0. The third kappa shape index (κ3) is 2.33. The van der Waals surface area contributed by atoms with E-state index in [2.05, 4.69) is 0 Å². The first-order valence-electron chi connectivity index (χ1n) is 4.31. The molecule has 0 aliphatic carbocycles. The van der Waals surface area contributed by atoms with Crippen LogP contribution < -0.4 is 0 Å². The fraction of sp³-hybridized carbons (Fsp3) is 0.400. The maximum Gasteiger partial charge on any atom is 0.175 e. The Kier molecular flexibility index (Phi) is 2.97. The van der Waals surface area contributed by atoms with E-state index in [0.717, 1.165) is 5.56 Å². The largest absolute Gasteiger partial charge is 0.389 e. The number of aryl methyl sites for hydroxylation is 1. The Balaban J connectivity index is 3.28. The lowest BCUT2D eigenvalue weighted by molar-refractivity contribution is 0.199. The fourth-order valence-electron chi connectivity index (χ4n) is 1.35. The van der Waals surface area contributed by atoms with E-state index >= 15 is 0 Å². The van der Waals surface area contributed by atoms with Gasteiger partial charge in [0.25, 0.3) is 0 Å². The lowest BCUT2D eigenvalue weighted by Crippen LogP contribution is -2.01. The number of hydrogen-bond acceptors (Lipinski definition) is 3. The summed E-state index contributed by atoms with van der Waals surface area (Å²) < 4.78 is 22.5. The maximum atomic E-state index is 11.3. The highest BCUT2D eigenvalue weighted by molar-refractivity contribution is 7.90. The first-order valence-corrected chi connectivity index (χ1v) is 6.20. The summed E-state index contributed by atoms with van der Waals surface area (Å²) in [6, 6.07) is 4.86. The summed E-state index contributed by atoms with van der Waals surface area (Å²) in [5.74, 6) is 0. The van der Waals surface area contributed by atoms with Crippen molar-refractivity contribution in [2.24, 2.45) is 0 Å². The molecule has 0 spiro atoms. The summed E-state index contributed by atoms with van der Waals surface area (Å²) in [7, 11) is -3.16. The summed E-state index contributed by atoms with van der Waals surface area (Å²) in [4.78, 5) is 0.321. The number of benzene rings is 1. The van der Waals surface area contributed by atoms with Crippen LogP contribution in [0.2, 0.25) is 0 Å². The van der Waals surface area contributed by atoms with Crippen LogP contribution in [0.15, 0.2) is 23.1 Å². The quantitative estimate of drug-likeness (QED) is 0.810. The molecular formula is C10H14O3S. The molecule has 0 amide bonds. The van der Waals surface area contributed by atoms with Crippen LogP contribution in [0, 0.1) is 6.92 Å². The van der Waals surface area contributed by atoms with Crippen LogP contribution in [0.25, 0.3) is 0 Å². The van der Waals surface area contributed by atoms with E-state index < -0.39 is 15.9 Å². The van der Waals surface area contributed by atoms with Crippen LogP contribution >= 0.6 is 0 Å². The molecule has 0 radical (unpaired) electrons. The van der Waals surface area contributed by atoms with Gasteiger partial charge in [-0.05, 0) is 31.0 Å². The van der Waals surface area contributed by atoms with E-state index in [9.17, 15) is 13.5 Å². The zero-order chi connectivity index (χ0) is 10.9. The molecule has 0 aromatic heterocycles. The van der Waals surface area contributed by atoms with Gasteiger partial charge in [0.15, 0.2) is 9.84 Å². The maximum absolute atomic E-state index is 11.3. The molecule has 1 aromatic carbocycles. The highest BCUT2D eigenvalue weighted by Crippen LogP contribution is 2.20. The third-order valence-corrected chi connectivity index (χ3v) is 3.34. The number of sulfone groups is 1. The van der Waals surface area contributed by atoms with E-state index in [-0.39, 0.29) is 0 Å². The van der Waals surface area contributed by atoms with Crippen molar-refractivity contribution < 1.29 is 13.5 Å². The normalized spacial score (nSPS) is 14.0. The van der Waals surface area contributed by atoms with E-state index in [1.807, 2.05) is 0 Å². The molecule has 0 saturated carbocycles. The number of aliphatic hydroxyl groups excluding tert-OH is 1. The minimum atomic E-state index is -3.16. The molecule has 4 heteroatoms. The van der Waals surface area contributed by atoms with Gasteiger partial charge in [0.05, 0.1) is 11.0 Å². The van der Waals surface area contributed by atoms with Gasteiger partial charge in [0.2, 0.25) is 0 Å². The molecule has 0 bridgehead atoms. The van der Waals surface area contributed by atoms with Gasteiger partial charge in [-0.15, -0.1) is 0 Å². The summed E-state index contributed by atoms with van der Waals surface area (Å²) in [5, 5.41) is 9.29. The van der Waals surface area contributed by atoms with Crippen LogP contribution in [-0.2, 0) is 9.84 Å². The molecule has 1 atom stereocenters. The predicted octanol–water partition coefficient (Wildman–Crippen LogP) is 1.45. The second-order valence-electron chi connectivity index (χ2n) is 3.47. The standard InChI is InChI=1S/C10H14O3S/c1-7-6-9(8(2)11)4-5-10(7)14(3,12)13/h4-6,8,11H,1-3H3. The summed E-state index contributed by atoms with van der Waals surface area (Å²) in [6.07, 6.45) is 0.611. The van der Waals surface area contributed by atoms with Gasteiger partial charge in [0.1, 0.15) is 0 Å².